The van der Waals surface area contributed by atoms with Gasteiger partial charge in [-0.05, 0) is 68.1 Å². The van der Waals surface area contributed by atoms with Gasteiger partial charge in [-0.2, -0.15) is 12.6 Å². The molecule has 0 aromatic carbocycles. The summed E-state index contributed by atoms with van der Waals surface area (Å²) in [5, 5.41) is 0.451. The first-order chi connectivity index (χ1) is 7.26. The SMILES string of the molecule is NCC(S)CC1C2CC3CC(C2)CC1C3. The molecule has 0 radical (unpaired) electrons. The molecule has 2 heteroatoms. The minimum Gasteiger partial charge on any atom is -0.329 e. The Bertz CT molecular complexity index is 213. The average Bonchev–Trinajstić information content (AvgIpc) is 2.22. The first-order valence-corrected chi connectivity index (χ1v) is 7.16. The highest BCUT2D eigenvalue weighted by molar-refractivity contribution is 7.81. The zero-order valence-electron chi connectivity index (χ0n) is 9.44. The summed E-state index contributed by atoms with van der Waals surface area (Å²) in [6.45, 7) is 0.756. The third-order valence-electron chi connectivity index (χ3n) is 5.24. The van der Waals surface area contributed by atoms with E-state index in [1.54, 1.807) is 6.42 Å². The molecule has 0 spiro atoms. The summed E-state index contributed by atoms with van der Waals surface area (Å²) in [7, 11) is 0. The minimum atomic E-state index is 0.451. The monoisotopic (exact) mass is 225 g/mol. The number of hydrogen-bond acceptors (Lipinski definition) is 2. The summed E-state index contributed by atoms with van der Waals surface area (Å²) in [6, 6.07) is 0. The summed E-state index contributed by atoms with van der Waals surface area (Å²) >= 11 is 4.59. The summed E-state index contributed by atoms with van der Waals surface area (Å²) in [5.41, 5.74) is 5.70. The average molecular weight is 225 g/mol. The molecule has 0 aromatic heterocycles. The maximum atomic E-state index is 5.70. The molecule has 0 saturated heterocycles. The zero-order valence-corrected chi connectivity index (χ0v) is 10.3. The third-order valence-corrected chi connectivity index (χ3v) is 5.66. The zero-order chi connectivity index (χ0) is 10.4. The molecule has 0 aliphatic heterocycles. The van der Waals surface area contributed by atoms with Crippen LogP contribution < -0.4 is 5.73 Å². The molecule has 15 heavy (non-hydrogen) atoms. The van der Waals surface area contributed by atoms with Crippen molar-refractivity contribution in [2.75, 3.05) is 6.54 Å². The standard InChI is InChI=1S/C13H23NS/c14-7-12(15)6-13-10-2-8-1-9(4-10)5-11(13)3-8/h8-13,15H,1-7,14H2. The van der Waals surface area contributed by atoms with E-state index < -0.39 is 0 Å². The largest absolute Gasteiger partial charge is 0.329 e. The molecular weight excluding hydrogens is 202 g/mol. The van der Waals surface area contributed by atoms with Gasteiger partial charge in [-0.1, -0.05) is 0 Å². The van der Waals surface area contributed by atoms with Gasteiger partial charge < -0.3 is 5.73 Å². The molecule has 1 atom stereocenters. The Labute approximate surface area is 98.6 Å². The topological polar surface area (TPSA) is 26.0 Å². The molecule has 86 valence electrons. The van der Waals surface area contributed by atoms with Crippen molar-refractivity contribution < 1.29 is 0 Å². The Morgan fingerprint density at radius 1 is 1.00 bits per heavy atom. The molecule has 2 N–H and O–H groups in total. The van der Waals surface area contributed by atoms with Crippen LogP contribution in [0.4, 0.5) is 0 Å². The third kappa shape index (κ3) is 1.84. The second-order valence-corrected chi connectivity index (χ2v) is 6.95. The van der Waals surface area contributed by atoms with Gasteiger partial charge in [0.2, 0.25) is 0 Å². The molecule has 4 bridgehead atoms. The van der Waals surface area contributed by atoms with Crippen LogP contribution in [0.1, 0.15) is 38.5 Å². The Balaban J connectivity index is 1.69. The van der Waals surface area contributed by atoms with Crippen LogP contribution in [-0.2, 0) is 0 Å². The summed E-state index contributed by atoms with van der Waals surface area (Å²) in [5.74, 6) is 5.26. The van der Waals surface area contributed by atoms with Crippen molar-refractivity contribution in [3.63, 3.8) is 0 Å². The van der Waals surface area contributed by atoms with Gasteiger partial charge in [-0.15, -0.1) is 0 Å². The van der Waals surface area contributed by atoms with Crippen LogP contribution in [0.15, 0.2) is 0 Å². The Hall–Kier alpha value is 0.310. The molecule has 4 aliphatic carbocycles. The Morgan fingerprint density at radius 2 is 1.53 bits per heavy atom. The molecule has 4 saturated carbocycles. The van der Waals surface area contributed by atoms with Gasteiger partial charge in [-0.3, -0.25) is 0 Å². The second kappa shape index (κ2) is 3.96. The predicted molar refractivity (Wildman–Crippen MR) is 67.0 cm³/mol. The summed E-state index contributed by atoms with van der Waals surface area (Å²) in [6.07, 6.45) is 8.96. The lowest BCUT2D eigenvalue weighted by Gasteiger charge is -2.55. The molecule has 4 aliphatic rings. The molecule has 1 nitrogen and oxygen atoms in total. The van der Waals surface area contributed by atoms with E-state index >= 15 is 0 Å². The van der Waals surface area contributed by atoms with E-state index in [9.17, 15) is 0 Å². The molecule has 0 amide bonds. The van der Waals surface area contributed by atoms with Gasteiger partial charge in [-0.25, -0.2) is 0 Å². The van der Waals surface area contributed by atoms with Gasteiger partial charge in [0.1, 0.15) is 0 Å². The number of hydrogen-bond donors (Lipinski definition) is 2. The van der Waals surface area contributed by atoms with E-state index in [0.29, 0.717) is 5.25 Å². The highest BCUT2D eigenvalue weighted by Crippen LogP contribution is 2.57. The van der Waals surface area contributed by atoms with Crippen LogP contribution in [0.3, 0.4) is 0 Å². The smallest absolute Gasteiger partial charge is 0.0142 e. The van der Waals surface area contributed by atoms with E-state index in [-0.39, 0.29) is 0 Å². The van der Waals surface area contributed by atoms with E-state index in [2.05, 4.69) is 12.6 Å². The van der Waals surface area contributed by atoms with E-state index in [1.807, 2.05) is 0 Å². The number of rotatable bonds is 3. The van der Waals surface area contributed by atoms with Crippen LogP contribution in [0, 0.1) is 29.6 Å². The quantitative estimate of drug-likeness (QED) is 0.710. The van der Waals surface area contributed by atoms with Gasteiger partial charge in [0.25, 0.3) is 0 Å². The molecule has 0 heterocycles. The van der Waals surface area contributed by atoms with Gasteiger partial charge in [0, 0.05) is 11.8 Å². The van der Waals surface area contributed by atoms with Crippen LogP contribution in [-0.4, -0.2) is 11.8 Å². The van der Waals surface area contributed by atoms with Crippen molar-refractivity contribution in [3.8, 4) is 0 Å². The van der Waals surface area contributed by atoms with Crippen molar-refractivity contribution in [2.24, 2.45) is 35.3 Å². The normalized spacial score (nSPS) is 49.6. The summed E-state index contributed by atoms with van der Waals surface area (Å²) in [4.78, 5) is 0. The first-order valence-electron chi connectivity index (χ1n) is 6.64. The Kier molecular flexibility index (Phi) is 2.76. The fourth-order valence-corrected chi connectivity index (χ4v) is 5.08. The highest BCUT2D eigenvalue weighted by atomic mass is 32.1. The van der Waals surface area contributed by atoms with Gasteiger partial charge >= 0.3 is 0 Å². The lowest BCUT2D eigenvalue weighted by molar-refractivity contribution is -0.0393. The number of nitrogens with two attached hydrogens (primary N) is 1. The second-order valence-electron chi connectivity index (χ2n) is 6.22. The number of thiol groups is 1. The fraction of sp³-hybridized carbons (Fsp3) is 1.00. The van der Waals surface area contributed by atoms with Crippen molar-refractivity contribution >= 4 is 12.6 Å². The van der Waals surface area contributed by atoms with Crippen molar-refractivity contribution in [3.05, 3.63) is 0 Å². The van der Waals surface area contributed by atoms with E-state index in [4.69, 9.17) is 5.73 Å². The minimum absolute atomic E-state index is 0.451. The van der Waals surface area contributed by atoms with Crippen molar-refractivity contribution in [2.45, 2.75) is 43.8 Å². The van der Waals surface area contributed by atoms with Crippen LogP contribution >= 0.6 is 12.6 Å². The molecule has 4 rings (SSSR count). The predicted octanol–water partition coefficient (Wildman–Crippen LogP) is 2.71. The van der Waals surface area contributed by atoms with E-state index in [0.717, 1.165) is 36.1 Å². The lowest BCUT2D eigenvalue weighted by atomic mass is 9.51. The maximum absolute atomic E-state index is 5.70. The van der Waals surface area contributed by atoms with Crippen LogP contribution in [0.2, 0.25) is 0 Å². The molecule has 0 aromatic rings. The lowest BCUT2D eigenvalue weighted by Crippen LogP contribution is -2.46. The first kappa shape index (κ1) is 10.5. The summed E-state index contributed by atoms with van der Waals surface area (Å²) < 4.78 is 0. The maximum Gasteiger partial charge on any atom is 0.0142 e. The van der Waals surface area contributed by atoms with Gasteiger partial charge in [0.05, 0.1) is 0 Å². The fourth-order valence-electron chi connectivity index (χ4n) is 4.83. The molecule has 1 unspecified atom stereocenters. The van der Waals surface area contributed by atoms with Crippen LogP contribution in [0.25, 0.3) is 0 Å². The van der Waals surface area contributed by atoms with Crippen LogP contribution in [0.5, 0.6) is 0 Å². The van der Waals surface area contributed by atoms with Crippen molar-refractivity contribution in [1.29, 1.82) is 0 Å². The molecular formula is C13H23NS. The van der Waals surface area contributed by atoms with Crippen molar-refractivity contribution in [1.82, 2.24) is 0 Å². The highest BCUT2D eigenvalue weighted by Gasteiger charge is 2.47. The van der Waals surface area contributed by atoms with E-state index in [1.165, 1.54) is 32.1 Å². The Morgan fingerprint density at radius 3 is 2.00 bits per heavy atom. The molecule has 4 fully saturated rings. The van der Waals surface area contributed by atoms with Gasteiger partial charge in [0.15, 0.2) is 0 Å².